The fraction of sp³-hybridized carbons (Fsp3) is 0.0870. The maximum Gasteiger partial charge on any atom is 0.339 e. The normalized spacial score (nSPS) is 10.8. The van der Waals surface area contributed by atoms with Crippen LogP contribution in [0.15, 0.2) is 69.9 Å². The zero-order chi connectivity index (χ0) is 20.5. The SMILES string of the molecule is COC(=O)c1cc2oc3ccccc3c(=O)c2c(-c2ccccc2)c1C(=O)OC. The Morgan fingerprint density at radius 1 is 0.828 bits per heavy atom. The van der Waals surface area contributed by atoms with Gasteiger partial charge in [-0.25, -0.2) is 9.59 Å². The van der Waals surface area contributed by atoms with Crippen LogP contribution < -0.4 is 5.43 Å². The van der Waals surface area contributed by atoms with E-state index in [0.717, 1.165) is 0 Å². The Hall–Kier alpha value is -3.93. The van der Waals surface area contributed by atoms with Crippen molar-refractivity contribution < 1.29 is 23.5 Å². The first-order valence-corrected chi connectivity index (χ1v) is 8.81. The van der Waals surface area contributed by atoms with Gasteiger partial charge in [0.15, 0.2) is 0 Å². The van der Waals surface area contributed by atoms with E-state index in [2.05, 4.69) is 0 Å². The lowest BCUT2D eigenvalue weighted by Crippen LogP contribution is -2.16. The number of benzene rings is 3. The van der Waals surface area contributed by atoms with Crippen molar-refractivity contribution in [2.24, 2.45) is 0 Å². The van der Waals surface area contributed by atoms with Gasteiger partial charge in [0.25, 0.3) is 0 Å². The predicted octanol–water partition coefficient (Wildman–Crippen LogP) is 4.19. The van der Waals surface area contributed by atoms with Crippen molar-refractivity contribution >= 4 is 33.9 Å². The molecule has 0 spiro atoms. The van der Waals surface area contributed by atoms with Gasteiger partial charge in [0.2, 0.25) is 5.43 Å². The van der Waals surface area contributed by atoms with Crippen molar-refractivity contribution in [2.45, 2.75) is 0 Å². The second-order valence-electron chi connectivity index (χ2n) is 6.32. The Labute approximate surface area is 165 Å². The lowest BCUT2D eigenvalue weighted by molar-refractivity contribution is 0.0556. The van der Waals surface area contributed by atoms with Crippen molar-refractivity contribution in [3.05, 3.63) is 82.0 Å². The summed E-state index contributed by atoms with van der Waals surface area (Å²) >= 11 is 0. The largest absolute Gasteiger partial charge is 0.465 e. The van der Waals surface area contributed by atoms with E-state index in [4.69, 9.17) is 13.9 Å². The molecule has 0 bridgehead atoms. The summed E-state index contributed by atoms with van der Waals surface area (Å²) in [5.74, 6) is -1.49. The maximum absolute atomic E-state index is 13.4. The molecule has 0 saturated heterocycles. The van der Waals surface area contributed by atoms with Crippen molar-refractivity contribution in [3.8, 4) is 11.1 Å². The summed E-state index contributed by atoms with van der Waals surface area (Å²) in [6.45, 7) is 0. The third-order valence-electron chi connectivity index (χ3n) is 4.73. The summed E-state index contributed by atoms with van der Waals surface area (Å²) in [6.07, 6.45) is 0. The molecule has 0 amide bonds. The molecule has 0 fully saturated rings. The summed E-state index contributed by atoms with van der Waals surface area (Å²) in [7, 11) is 2.43. The Bertz CT molecular complexity index is 1320. The summed E-state index contributed by atoms with van der Waals surface area (Å²) in [5, 5.41) is 0.571. The number of rotatable bonds is 3. The van der Waals surface area contributed by atoms with Gasteiger partial charge in [-0.15, -0.1) is 0 Å². The fourth-order valence-corrected chi connectivity index (χ4v) is 3.44. The highest BCUT2D eigenvalue weighted by Gasteiger charge is 2.28. The molecule has 29 heavy (non-hydrogen) atoms. The van der Waals surface area contributed by atoms with Crippen LogP contribution in [0.1, 0.15) is 20.7 Å². The molecule has 144 valence electrons. The zero-order valence-corrected chi connectivity index (χ0v) is 15.7. The lowest BCUT2D eigenvalue weighted by Gasteiger charge is -2.15. The van der Waals surface area contributed by atoms with Crippen LogP contribution in [0.3, 0.4) is 0 Å². The minimum Gasteiger partial charge on any atom is -0.465 e. The van der Waals surface area contributed by atoms with Crippen LogP contribution in [0, 0.1) is 0 Å². The van der Waals surface area contributed by atoms with E-state index in [9.17, 15) is 14.4 Å². The molecule has 0 aliphatic rings. The Kier molecular flexibility index (Phi) is 4.60. The molecule has 0 unspecified atom stereocenters. The lowest BCUT2D eigenvalue weighted by atomic mass is 9.91. The first-order chi connectivity index (χ1) is 14.1. The van der Waals surface area contributed by atoms with E-state index >= 15 is 0 Å². The van der Waals surface area contributed by atoms with Gasteiger partial charge in [0.05, 0.1) is 36.1 Å². The number of para-hydroxylation sites is 1. The number of hydrogen-bond donors (Lipinski definition) is 0. The summed E-state index contributed by atoms with van der Waals surface area (Å²) in [4.78, 5) is 38.6. The first-order valence-electron chi connectivity index (χ1n) is 8.81. The number of ether oxygens (including phenoxy) is 2. The molecule has 1 aromatic heterocycles. The summed E-state index contributed by atoms with van der Waals surface area (Å²) < 4.78 is 15.7. The molecule has 0 atom stereocenters. The van der Waals surface area contributed by atoms with Crippen LogP contribution in [0.5, 0.6) is 0 Å². The van der Waals surface area contributed by atoms with Gasteiger partial charge in [-0.1, -0.05) is 42.5 Å². The minimum absolute atomic E-state index is 0.0378. The van der Waals surface area contributed by atoms with Crippen molar-refractivity contribution in [1.29, 1.82) is 0 Å². The molecule has 4 aromatic rings. The van der Waals surface area contributed by atoms with E-state index in [1.54, 1.807) is 48.5 Å². The molecule has 0 saturated carbocycles. The average molecular weight is 388 g/mol. The summed E-state index contributed by atoms with van der Waals surface area (Å²) in [5.41, 5.74) is 1.03. The Morgan fingerprint density at radius 2 is 1.48 bits per heavy atom. The predicted molar refractivity (Wildman–Crippen MR) is 108 cm³/mol. The highest BCUT2D eigenvalue weighted by molar-refractivity contribution is 6.15. The zero-order valence-electron chi connectivity index (χ0n) is 15.7. The summed E-state index contributed by atoms with van der Waals surface area (Å²) in [6, 6.07) is 17.0. The highest BCUT2D eigenvalue weighted by Crippen LogP contribution is 2.35. The minimum atomic E-state index is -0.751. The number of methoxy groups -OCH3 is 2. The van der Waals surface area contributed by atoms with Crippen LogP contribution >= 0.6 is 0 Å². The van der Waals surface area contributed by atoms with Crippen LogP contribution in [0.2, 0.25) is 0 Å². The molecular formula is C23H16O6. The van der Waals surface area contributed by atoms with E-state index in [1.165, 1.54) is 20.3 Å². The van der Waals surface area contributed by atoms with Gasteiger partial charge in [0.1, 0.15) is 11.2 Å². The van der Waals surface area contributed by atoms with Gasteiger partial charge in [-0.3, -0.25) is 4.79 Å². The standard InChI is InChI=1S/C23H16O6/c1-27-22(25)15-12-17-20(21(24)14-10-6-7-11-16(14)29-17)18(19(15)23(26)28-2)13-8-4-3-5-9-13/h3-12H,1-2H3. The van der Waals surface area contributed by atoms with Gasteiger partial charge < -0.3 is 13.9 Å². The second kappa shape index (κ2) is 7.24. The van der Waals surface area contributed by atoms with Crippen LogP contribution in [-0.2, 0) is 9.47 Å². The van der Waals surface area contributed by atoms with E-state index in [-0.39, 0.29) is 33.1 Å². The molecule has 0 aliphatic carbocycles. The molecular weight excluding hydrogens is 372 g/mol. The molecule has 4 rings (SSSR count). The number of carbonyl (C=O) groups excluding carboxylic acids is 2. The van der Waals surface area contributed by atoms with Gasteiger partial charge >= 0.3 is 11.9 Å². The number of hydrogen-bond acceptors (Lipinski definition) is 6. The second-order valence-corrected chi connectivity index (χ2v) is 6.32. The molecule has 0 aliphatic heterocycles. The van der Waals surface area contributed by atoms with Gasteiger partial charge in [-0.2, -0.15) is 0 Å². The van der Waals surface area contributed by atoms with Crippen LogP contribution in [0.4, 0.5) is 0 Å². The van der Waals surface area contributed by atoms with E-state index in [0.29, 0.717) is 16.5 Å². The third kappa shape index (κ3) is 2.95. The highest BCUT2D eigenvalue weighted by atomic mass is 16.5. The van der Waals surface area contributed by atoms with Crippen molar-refractivity contribution in [2.75, 3.05) is 14.2 Å². The molecule has 6 nitrogen and oxygen atoms in total. The maximum atomic E-state index is 13.4. The molecule has 6 heteroatoms. The number of carbonyl (C=O) groups is 2. The molecule has 0 radical (unpaired) electrons. The monoisotopic (exact) mass is 388 g/mol. The van der Waals surface area contributed by atoms with E-state index in [1.807, 2.05) is 6.07 Å². The van der Waals surface area contributed by atoms with Crippen LogP contribution in [0.25, 0.3) is 33.1 Å². The number of fused-ring (bicyclic) bond motifs is 2. The topological polar surface area (TPSA) is 82.8 Å². The molecule has 3 aromatic carbocycles. The first kappa shape index (κ1) is 18.4. The van der Waals surface area contributed by atoms with Crippen LogP contribution in [-0.4, -0.2) is 26.2 Å². The third-order valence-corrected chi connectivity index (χ3v) is 4.73. The number of esters is 2. The van der Waals surface area contributed by atoms with Gasteiger partial charge in [0, 0.05) is 5.56 Å². The van der Waals surface area contributed by atoms with Gasteiger partial charge in [-0.05, 0) is 23.8 Å². The quantitative estimate of drug-likeness (QED) is 0.387. The molecule has 0 N–H and O–H groups in total. The Morgan fingerprint density at radius 3 is 2.17 bits per heavy atom. The van der Waals surface area contributed by atoms with E-state index < -0.39 is 11.9 Å². The fourth-order valence-electron chi connectivity index (χ4n) is 3.44. The Balaban J connectivity index is 2.30. The molecule has 1 heterocycles. The smallest absolute Gasteiger partial charge is 0.339 e. The van der Waals surface area contributed by atoms with Crippen molar-refractivity contribution in [1.82, 2.24) is 0 Å². The van der Waals surface area contributed by atoms with Crippen molar-refractivity contribution in [3.63, 3.8) is 0 Å². The average Bonchev–Trinajstić information content (AvgIpc) is 2.77.